The predicted octanol–water partition coefficient (Wildman–Crippen LogP) is 3.38. The zero-order valence-electron chi connectivity index (χ0n) is 9.93. The SMILES string of the molecule is O=C(NCCCCl)c1cc2c(s1)CCCCC2. The molecule has 0 fully saturated rings. The summed E-state index contributed by atoms with van der Waals surface area (Å²) < 4.78 is 0. The Labute approximate surface area is 111 Å². The van der Waals surface area contributed by atoms with Gasteiger partial charge in [-0.3, -0.25) is 4.79 Å². The summed E-state index contributed by atoms with van der Waals surface area (Å²) in [6.45, 7) is 0.672. The van der Waals surface area contributed by atoms with Crippen molar-refractivity contribution in [3.8, 4) is 0 Å². The molecule has 0 aromatic carbocycles. The number of fused-ring (bicyclic) bond motifs is 1. The number of hydrogen-bond acceptors (Lipinski definition) is 2. The lowest BCUT2D eigenvalue weighted by Crippen LogP contribution is -2.23. The molecule has 0 aliphatic heterocycles. The number of halogens is 1. The minimum absolute atomic E-state index is 0.0631. The van der Waals surface area contributed by atoms with Gasteiger partial charge in [-0.15, -0.1) is 22.9 Å². The van der Waals surface area contributed by atoms with E-state index >= 15 is 0 Å². The maximum absolute atomic E-state index is 11.9. The van der Waals surface area contributed by atoms with Crippen molar-refractivity contribution in [1.82, 2.24) is 5.32 Å². The molecule has 2 nitrogen and oxygen atoms in total. The maximum Gasteiger partial charge on any atom is 0.261 e. The van der Waals surface area contributed by atoms with Crippen molar-refractivity contribution in [2.75, 3.05) is 12.4 Å². The molecule has 0 spiro atoms. The number of rotatable bonds is 4. The molecular weight excluding hydrogens is 254 g/mol. The van der Waals surface area contributed by atoms with Crippen LogP contribution >= 0.6 is 22.9 Å². The Bertz CT molecular complexity index is 365. The predicted molar refractivity (Wildman–Crippen MR) is 73.2 cm³/mol. The van der Waals surface area contributed by atoms with E-state index in [0.717, 1.165) is 24.1 Å². The van der Waals surface area contributed by atoms with E-state index in [4.69, 9.17) is 11.6 Å². The van der Waals surface area contributed by atoms with Crippen molar-refractivity contribution in [3.63, 3.8) is 0 Å². The Hall–Kier alpha value is -0.540. The molecular formula is C13H18ClNOS. The number of carbonyl (C=O) groups excluding carboxylic acids is 1. The molecule has 94 valence electrons. The van der Waals surface area contributed by atoms with Gasteiger partial charge in [-0.25, -0.2) is 0 Å². The number of amides is 1. The fourth-order valence-electron chi connectivity index (χ4n) is 2.14. The van der Waals surface area contributed by atoms with Crippen molar-refractivity contribution < 1.29 is 4.79 Å². The lowest BCUT2D eigenvalue weighted by molar-refractivity contribution is 0.0958. The van der Waals surface area contributed by atoms with Gasteiger partial charge in [-0.05, 0) is 43.7 Å². The van der Waals surface area contributed by atoms with Crippen molar-refractivity contribution in [3.05, 3.63) is 21.4 Å². The molecule has 0 atom stereocenters. The summed E-state index contributed by atoms with van der Waals surface area (Å²) in [5.74, 6) is 0.662. The average Bonchev–Trinajstić information content (AvgIpc) is 2.61. The summed E-state index contributed by atoms with van der Waals surface area (Å²) in [6, 6.07) is 2.08. The van der Waals surface area contributed by atoms with Crippen LogP contribution in [-0.2, 0) is 12.8 Å². The molecule has 1 aliphatic rings. The van der Waals surface area contributed by atoms with Gasteiger partial charge in [0, 0.05) is 17.3 Å². The minimum Gasteiger partial charge on any atom is -0.351 e. The van der Waals surface area contributed by atoms with Gasteiger partial charge in [0.2, 0.25) is 0 Å². The van der Waals surface area contributed by atoms with Gasteiger partial charge < -0.3 is 5.32 Å². The second kappa shape index (κ2) is 6.41. The van der Waals surface area contributed by atoms with Crippen LogP contribution < -0.4 is 5.32 Å². The summed E-state index contributed by atoms with van der Waals surface area (Å²) in [4.78, 5) is 14.2. The Morgan fingerprint density at radius 2 is 2.18 bits per heavy atom. The Kier molecular flexibility index (Phi) is 4.86. The molecule has 0 saturated heterocycles. The fraction of sp³-hybridized carbons (Fsp3) is 0.615. The summed E-state index contributed by atoms with van der Waals surface area (Å²) in [5.41, 5.74) is 1.40. The average molecular weight is 272 g/mol. The second-order valence-corrected chi connectivity index (χ2v) is 5.93. The van der Waals surface area contributed by atoms with Crippen LogP contribution in [0.2, 0.25) is 0 Å². The third kappa shape index (κ3) is 3.46. The Balaban J connectivity index is 1.99. The molecule has 1 aromatic heterocycles. The molecule has 0 bridgehead atoms. The zero-order valence-corrected chi connectivity index (χ0v) is 11.5. The molecule has 4 heteroatoms. The van der Waals surface area contributed by atoms with Crippen LogP contribution in [0.15, 0.2) is 6.07 Å². The first-order valence-corrected chi connectivity index (χ1v) is 7.62. The standard InChI is InChI=1S/C13H18ClNOS/c14-7-4-8-15-13(16)12-9-10-5-2-1-3-6-11(10)17-12/h9H,1-8H2,(H,15,16). The molecule has 0 radical (unpaired) electrons. The topological polar surface area (TPSA) is 29.1 Å². The number of thiophene rings is 1. The first-order chi connectivity index (χ1) is 8.31. The Morgan fingerprint density at radius 1 is 1.35 bits per heavy atom. The van der Waals surface area contributed by atoms with Crippen LogP contribution in [0.3, 0.4) is 0 Å². The molecule has 1 heterocycles. The third-order valence-electron chi connectivity index (χ3n) is 3.07. The monoisotopic (exact) mass is 271 g/mol. The molecule has 0 unspecified atom stereocenters. The lowest BCUT2D eigenvalue weighted by atomic mass is 10.1. The Morgan fingerprint density at radius 3 is 3.00 bits per heavy atom. The molecule has 1 aromatic rings. The highest BCUT2D eigenvalue weighted by molar-refractivity contribution is 7.14. The van der Waals surface area contributed by atoms with E-state index < -0.39 is 0 Å². The van der Waals surface area contributed by atoms with E-state index in [1.165, 1.54) is 29.7 Å². The maximum atomic E-state index is 11.9. The molecule has 1 amide bonds. The quantitative estimate of drug-likeness (QED) is 0.508. The van der Waals surface area contributed by atoms with Crippen LogP contribution in [0.1, 0.15) is 45.8 Å². The third-order valence-corrected chi connectivity index (χ3v) is 4.57. The van der Waals surface area contributed by atoms with Gasteiger partial charge in [0.15, 0.2) is 0 Å². The van der Waals surface area contributed by atoms with E-state index in [1.807, 2.05) is 0 Å². The zero-order chi connectivity index (χ0) is 12.1. The van der Waals surface area contributed by atoms with E-state index in [-0.39, 0.29) is 5.91 Å². The highest BCUT2D eigenvalue weighted by atomic mass is 35.5. The number of aryl methyl sites for hydroxylation is 2. The van der Waals surface area contributed by atoms with Gasteiger partial charge in [0.25, 0.3) is 5.91 Å². The number of nitrogens with one attached hydrogen (secondary N) is 1. The first-order valence-electron chi connectivity index (χ1n) is 6.27. The highest BCUT2D eigenvalue weighted by Crippen LogP contribution is 2.28. The number of alkyl halides is 1. The van der Waals surface area contributed by atoms with Crippen molar-refractivity contribution in [2.45, 2.75) is 38.5 Å². The molecule has 1 N–H and O–H groups in total. The van der Waals surface area contributed by atoms with Crippen molar-refractivity contribution >= 4 is 28.8 Å². The minimum atomic E-state index is 0.0631. The van der Waals surface area contributed by atoms with Crippen molar-refractivity contribution in [1.29, 1.82) is 0 Å². The van der Waals surface area contributed by atoms with E-state index in [9.17, 15) is 4.79 Å². The van der Waals surface area contributed by atoms with Crippen LogP contribution in [0.25, 0.3) is 0 Å². The molecule has 2 rings (SSSR count). The van der Waals surface area contributed by atoms with Gasteiger partial charge in [-0.2, -0.15) is 0 Å². The lowest BCUT2D eigenvalue weighted by Gasteiger charge is -2.00. The van der Waals surface area contributed by atoms with Gasteiger partial charge in [0.1, 0.15) is 0 Å². The summed E-state index contributed by atoms with van der Waals surface area (Å²) in [5, 5.41) is 2.91. The van der Waals surface area contributed by atoms with Crippen LogP contribution in [0, 0.1) is 0 Å². The molecule has 1 aliphatic carbocycles. The highest BCUT2D eigenvalue weighted by Gasteiger charge is 2.15. The van der Waals surface area contributed by atoms with Crippen LogP contribution in [0.5, 0.6) is 0 Å². The summed E-state index contributed by atoms with van der Waals surface area (Å²) in [7, 11) is 0. The van der Waals surface area contributed by atoms with Crippen molar-refractivity contribution in [2.24, 2.45) is 0 Å². The number of hydrogen-bond donors (Lipinski definition) is 1. The first kappa shape index (κ1) is 12.9. The van der Waals surface area contributed by atoms with E-state index in [0.29, 0.717) is 12.4 Å². The van der Waals surface area contributed by atoms with Gasteiger partial charge in [-0.1, -0.05) is 6.42 Å². The smallest absolute Gasteiger partial charge is 0.261 e. The molecule has 0 saturated carbocycles. The number of carbonyl (C=O) groups is 1. The summed E-state index contributed by atoms with van der Waals surface area (Å²) >= 11 is 7.25. The molecule has 17 heavy (non-hydrogen) atoms. The fourth-order valence-corrected chi connectivity index (χ4v) is 3.44. The normalized spacial score (nSPS) is 15.1. The largest absolute Gasteiger partial charge is 0.351 e. The van der Waals surface area contributed by atoms with E-state index in [1.54, 1.807) is 11.3 Å². The van der Waals surface area contributed by atoms with Gasteiger partial charge in [0.05, 0.1) is 4.88 Å². The summed E-state index contributed by atoms with van der Waals surface area (Å²) in [6.07, 6.45) is 6.96. The van der Waals surface area contributed by atoms with Crippen LogP contribution in [0.4, 0.5) is 0 Å². The van der Waals surface area contributed by atoms with E-state index in [2.05, 4.69) is 11.4 Å². The second-order valence-electron chi connectivity index (χ2n) is 4.42. The van der Waals surface area contributed by atoms with Crippen LogP contribution in [-0.4, -0.2) is 18.3 Å². The van der Waals surface area contributed by atoms with Gasteiger partial charge >= 0.3 is 0 Å².